The maximum absolute atomic E-state index is 14.2. The summed E-state index contributed by atoms with van der Waals surface area (Å²) in [6.45, 7) is 1.72. The number of halogens is 3. The molecule has 0 fully saturated rings. The molecule has 1 aliphatic heterocycles. The Kier molecular flexibility index (Phi) is 6.24. The molecular weight excluding hydrogens is 395 g/mol. The largest absolute Gasteiger partial charge is 0.442 e. The van der Waals surface area contributed by atoms with Crippen LogP contribution in [0.1, 0.15) is 37.3 Å². The van der Waals surface area contributed by atoms with Crippen LogP contribution >= 0.6 is 0 Å². The van der Waals surface area contributed by atoms with Gasteiger partial charge in [0.25, 0.3) is 5.91 Å². The second-order valence-corrected chi connectivity index (χ2v) is 7.04. The number of rotatable bonds is 7. The topological polar surface area (TPSA) is 61.8 Å². The molecule has 0 aliphatic carbocycles. The van der Waals surface area contributed by atoms with Crippen molar-refractivity contribution in [2.75, 3.05) is 0 Å². The molecule has 0 unspecified atom stereocenters. The molecule has 0 saturated heterocycles. The minimum atomic E-state index is -5.10. The lowest BCUT2D eigenvalue weighted by atomic mass is 10.1. The highest BCUT2D eigenvalue weighted by atomic mass is 19.4. The molecule has 0 spiro atoms. The summed E-state index contributed by atoms with van der Waals surface area (Å²) in [5.41, 5.74) is -2.34. The summed E-state index contributed by atoms with van der Waals surface area (Å²) < 4.78 is 42.5. The molecular formula is C22H22F3N3O2. The van der Waals surface area contributed by atoms with E-state index in [9.17, 15) is 22.8 Å². The first kappa shape index (κ1) is 21.5. The minimum absolute atomic E-state index is 0.101. The second-order valence-electron chi connectivity index (χ2n) is 7.04. The van der Waals surface area contributed by atoms with E-state index >= 15 is 0 Å². The van der Waals surface area contributed by atoms with Crippen LogP contribution < -0.4 is 5.32 Å². The predicted molar refractivity (Wildman–Crippen MR) is 106 cm³/mol. The van der Waals surface area contributed by atoms with Gasteiger partial charge in [-0.15, -0.1) is 0 Å². The maximum Gasteiger partial charge on any atom is 0.442 e. The average molecular weight is 417 g/mol. The van der Waals surface area contributed by atoms with Gasteiger partial charge >= 0.3 is 11.8 Å². The highest BCUT2D eigenvalue weighted by molar-refractivity contribution is 6.16. The molecule has 158 valence electrons. The summed E-state index contributed by atoms with van der Waals surface area (Å²) in [5.74, 6) is -2.31. The molecule has 0 bridgehead atoms. The van der Waals surface area contributed by atoms with E-state index < -0.39 is 23.7 Å². The Balaban J connectivity index is 2.06. The number of hydrogen-bond acceptors (Lipinski definition) is 3. The summed E-state index contributed by atoms with van der Waals surface area (Å²) in [7, 11) is 0. The molecule has 2 aromatic rings. The number of amidine groups is 1. The molecule has 30 heavy (non-hydrogen) atoms. The molecule has 8 heteroatoms. The van der Waals surface area contributed by atoms with Crippen LogP contribution in [-0.4, -0.2) is 34.4 Å². The zero-order valence-electron chi connectivity index (χ0n) is 16.4. The minimum Gasteiger partial charge on any atom is -0.316 e. The zero-order valence-corrected chi connectivity index (χ0v) is 16.4. The Labute approximate surface area is 172 Å². The summed E-state index contributed by atoms with van der Waals surface area (Å²) in [4.78, 5) is 30.1. The number of hydrogen-bond donors (Lipinski definition) is 1. The van der Waals surface area contributed by atoms with Crippen molar-refractivity contribution in [1.29, 1.82) is 0 Å². The Morgan fingerprint density at radius 1 is 1.07 bits per heavy atom. The van der Waals surface area contributed by atoms with Gasteiger partial charge in [-0.25, -0.2) is 4.99 Å². The van der Waals surface area contributed by atoms with E-state index in [1.54, 1.807) is 60.7 Å². The molecule has 5 nitrogen and oxygen atoms in total. The number of unbranched alkanes of at least 4 members (excludes halogenated alkanes) is 1. The molecule has 3 rings (SSSR count). The lowest BCUT2D eigenvalue weighted by molar-refractivity contribution is -0.200. The summed E-state index contributed by atoms with van der Waals surface area (Å²) >= 11 is 0. The Morgan fingerprint density at radius 2 is 1.67 bits per heavy atom. The molecule has 1 heterocycles. The van der Waals surface area contributed by atoms with E-state index in [0.717, 1.165) is 4.90 Å². The highest BCUT2D eigenvalue weighted by Gasteiger charge is 2.67. The molecule has 1 atom stereocenters. The van der Waals surface area contributed by atoms with Gasteiger partial charge < -0.3 is 5.32 Å². The van der Waals surface area contributed by atoms with Gasteiger partial charge in [0.05, 0.1) is 6.54 Å². The number of alkyl halides is 3. The lowest BCUT2D eigenvalue weighted by Gasteiger charge is -2.29. The average Bonchev–Trinajstić information content (AvgIpc) is 3.01. The van der Waals surface area contributed by atoms with Crippen LogP contribution in [0.25, 0.3) is 0 Å². The quantitative estimate of drug-likeness (QED) is 0.739. The third-order valence-corrected chi connectivity index (χ3v) is 4.79. The lowest BCUT2D eigenvalue weighted by Crippen LogP contribution is -2.63. The smallest absolute Gasteiger partial charge is 0.316 e. The second kappa shape index (κ2) is 8.69. The van der Waals surface area contributed by atoms with Crippen molar-refractivity contribution >= 4 is 17.6 Å². The summed E-state index contributed by atoms with van der Waals surface area (Å²) in [6, 6.07) is 16.8. The van der Waals surface area contributed by atoms with Gasteiger partial charge in [-0.2, -0.15) is 13.2 Å². The molecule has 1 aliphatic rings. The number of nitrogens with zero attached hydrogens (tertiary/aromatic N) is 2. The molecule has 0 saturated carbocycles. The van der Waals surface area contributed by atoms with Crippen molar-refractivity contribution in [3.63, 3.8) is 0 Å². The number of aliphatic imine (C=N–C) groups is 1. The van der Waals surface area contributed by atoms with Crippen LogP contribution in [0.15, 0.2) is 65.7 Å². The summed E-state index contributed by atoms with van der Waals surface area (Å²) in [5, 5.41) is 1.89. The van der Waals surface area contributed by atoms with E-state index in [0.29, 0.717) is 24.0 Å². The van der Waals surface area contributed by atoms with Crippen LogP contribution in [0.3, 0.4) is 0 Å². The first-order valence-corrected chi connectivity index (χ1v) is 9.67. The van der Waals surface area contributed by atoms with E-state index in [-0.39, 0.29) is 18.8 Å². The molecule has 1 N–H and O–H groups in total. The van der Waals surface area contributed by atoms with Crippen molar-refractivity contribution in [3.8, 4) is 0 Å². The molecule has 0 aromatic heterocycles. The first-order valence-electron chi connectivity index (χ1n) is 9.67. The van der Waals surface area contributed by atoms with Crippen LogP contribution in [0.5, 0.6) is 0 Å². The van der Waals surface area contributed by atoms with Gasteiger partial charge in [-0.1, -0.05) is 74.0 Å². The van der Waals surface area contributed by atoms with Crippen molar-refractivity contribution in [2.24, 2.45) is 4.99 Å². The van der Waals surface area contributed by atoms with Crippen LogP contribution in [0, 0.1) is 0 Å². The fourth-order valence-corrected chi connectivity index (χ4v) is 3.22. The molecule has 2 aromatic carbocycles. The summed E-state index contributed by atoms with van der Waals surface area (Å²) in [6.07, 6.45) is -4.16. The van der Waals surface area contributed by atoms with Crippen molar-refractivity contribution < 1.29 is 22.8 Å². The van der Waals surface area contributed by atoms with E-state index in [1.165, 1.54) is 0 Å². The normalized spacial score (nSPS) is 19.0. The van der Waals surface area contributed by atoms with Crippen LogP contribution in [0.2, 0.25) is 0 Å². The van der Waals surface area contributed by atoms with Gasteiger partial charge in [0, 0.05) is 12.0 Å². The van der Waals surface area contributed by atoms with Gasteiger partial charge in [-0.3, -0.25) is 14.5 Å². The zero-order chi connectivity index (χ0) is 21.8. The maximum atomic E-state index is 14.2. The third-order valence-electron chi connectivity index (χ3n) is 4.79. The van der Waals surface area contributed by atoms with Crippen molar-refractivity contribution in [1.82, 2.24) is 10.2 Å². The highest BCUT2D eigenvalue weighted by Crippen LogP contribution is 2.39. The number of benzene rings is 2. The van der Waals surface area contributed by atoms with Crippen LogP contribution in [-0.2, 0) is 16.1 Å². The standard InChI is InChI=1S/C22H22F3N3O2/c1-2-3-14-18(29)26-21(22(23,24)25)20(30)28(15-16-10-6-4-7-11-16)19(27-21)17-12-8-5-9-13-17/h4-13H,2-3,14-15H2,1H3,(H,26,29)/t21-/m1/s1. The number of carbonyl (C=O) groups is 2. The third kappa shape index (κ3) is 4.22. The predicted octanol–water partition coefficient (Wildman–Crippen LogP) is 4.04. The molecule has 2 amide bonds. The van der Waals surface area contributed by atoms with Crippen molar-refractivity contribution in [3.05, 3.63) is 71.8 Å². The van der Waals surface area contributed by atoms with E-state index in [2.05, 4.69) is 4.99 Å². The fourth-order valence-electron chi connectivity index (χ4n) is 3.22. The first-order chi connectivity index (χ1) is 14.3. The SMILES string of the molecule is CCCCC(=O)N[C@@]1(C(F)(F)F)N=C(c2ccccc2)N(Cc2ccccc2)C1=O. The number of nitrogens with one attached hydrogen (secondary N) is 1. The fraction of sp³-hybridized carbons (Fsp3) is 0.318. The Hall–Kier alpha value is -3.16. The van der Waals surface area contributed by atoms with Gasteiger partial charge in [0.2, 0.25) is 5.91 Å². The molecule has 0 radical (unpaired) electrons. The van der Waals surface area contributed by atoms with Crippen LogP contribution in [0.4, 0.5) is 13.2 Å². The van der Waals surface area contributed by atoms with Gasteiger partial charge in [0.1, 0.15) is 5.84 Å². The van der Waals surface area contributed by atoms with Gasteiger partial charge in [-0.05, 0) is 12.0 Å². The van der Waals surface area contributed by atoms with Crippen molar-refractivity contribution in [2.45, 2.75) is 44.6 Å². The Bertz CT molecular complexity index is 930. The van der Waals surface area contributed by atoms with E-state index in [4.69, 9.17) is 0 Å². The van der Waals surface area contributed by atoms with E-state index in [1.807, 2.05) is 12.2 Å². The number of carbonyl (C=O) groups excluding carboxylic acids is 2. The Morgan fingerprint density at radius 3 is 2.23 bits per heavy atom. The number of amides is 2. The van der Waals surface area contributed by atoms with Gasteiger partial charge in [0.15, 0.2) is 0 Å². The monoisotopic (exact) mass is 417 g/mol.